The normalized spacial score (nSPS) is 16.7. The van der Waals surface area contributed by atoms with Gasteiger partial charge in [-0.05, 0) is 55.3 Å². The lowest BCUT2D eigenvalue weighted by Crippen LogP contribution is -2.37. The number of carbonyl (C=O) groups is 2. The van der Waals surface area contributed by atoms with Gasteiger partial charge in [-0.25, -0.2) is 0 Å². The summed E-state index contributed by atoms with van der Waals surface area (Å²) in [5.74, 6) is 1.20. The Hall–Kier alpha value is -2.82. The van der Waals surface area contributed by atoms with E-state index in [4.69, 9.17) is 4.74 Å². The molecule has 1 aliphatic heterocycles. The first-order valence-corrected chi connectivity index (χ1v) is 7.55. The minimum Gasteiger partial charge on any atom is -0.457 e. The van der Waals surface area contributed by atoms with E-state index >= 15 is 0 Å². The molecule has 0 radical (unpaired) electrons. The highest BCUT2D eigenvalue weighted by atomic mass is 16.5. The van der Waals surface area contributed by atoms with Crippen LogP contribution >= 0.6 is 0 Å². The van der Waals surface area contributed by atoms with Gasteiger partial charge in [0.1, 0.15) is 17.5 Å². The Balaban J connectivity index is 1.60. The summed E-state index contributed by atoms with van der Waals surface area (Å²) >= 11 is 0. The molecular weight excluding hydrogens is 292 g/mol. The molecule has 2 N–H and O–H groups in total. The molecule has 0 saturated carbocycles. The molecule has 1 aliphatic rings. The number of benzene rings is 2. The number of amides is 2. The number of carbonyl (C=O) groups excluding carboxylic acids is 2. The average molecular weight is 310 g/mol. The fraction of sp³-hybridized carbons (Fsp3) is 0.222. The summed E-state index contributed by atoms with van der Waals surface area (Å²) in [5, 5.41) is 5.44. The highest BCUT2D eigenvalue weighted by Gasteiger charge is 2.26. The quantitative estimate of drug-likeness (QED) is 0.912. The highest BCUT2D eigenvalue weighted by Crippen LogP contribution is 2.24. The third kappa shape index (κ3) is 3.88. The van der Waals surface area contributed by atoms with Crippen molar-refractivity contribution in [2.24, 2.45) is 0 Å². The first kappa shape index (κ1) is 15.1. The lowest BCUT2D eigenvalue weighted by Gasteiger charge is -2.11. The van der Waals surface area contributed by atoms with Gasteiger partial charge in [-0.3, -0.25) is 9.59 Å². The van der Waals surface area contributed by atoms with Crippen molar-refractivity contribution in [3.05, 3.63) is 54.1 Å². The molecule has 0 unspecified atom stereocenters. The Bertz CT molecular complexity index is 725. The third-order valence-electron chi connectivity index (χ3n) is 3.66. The van der Waals surface area contributed by atoms with Gasteiger partial charge in [0, 0.05) is 12.1 Å². The predicted molar refractivity (Wildman–Crippen MR) is 87.5 cm³/mol. The highest BCUT2D eigenvalue weighted by molar-refractivity contribution is 5.98. The molecule has 2 amide bonds. The number of anilines is 1. The van der Waals surface area contributed by atoms with E-state index in [0.29, 0.717) is 24.3 Å². The summed E-state index contributed by atoms with van der Waals surface area (Å²) in [4.78, 5) is 23.2. The molecule has 1 saturated heterocycles. The second-order valence-corrected chi connectivity index (χ2v) is 5.59. The number of hydrogen-bond donors (Lipinski definition) is 2. The van der Waals surface area contributed by atoms with Gasteiger partial charge in [-0.2, -0.15) is 0 Å². The van der Waals surface area contributed by atoms with Crippen molar-refractivity contribution in [2.45, 2.75) is 25.8 Å². The molecule has 2 aromatic carbocycles. The Labute approximate surface area is 134 Å². The molecule has 1 heterocycles. The van der Waals surface area contributed by atoms with Crippen molar-refractivity contribution in [3.8, 4) is 11.5 Å². The molecule has 5 heteroatoms. The van der Waals surface area contributed by atoms with Gasteiger partial charge in [0.05, 0.1) is 0 Å². The van der Waals surface area contributed by atoms with Crippen LogP contribution in [0.4, 0.5) is 5.69 Å². The SMILES string of the molecule is Cc1cccc(Oc2ccc(NC(=O)[C@H]3CCC(=O)N3)cc2)c1. The molecule has 23 heavy (non-hydrogen) atoms. The minimum atomic E-state index is -0.439. The van der Waals surface area contributed by atoms with E-state index in [2.05, 4.69) is 10.6 Å². The van der Waals surface area contributed by atoms with Crippen LogP contribution in [0.3, 0.4) is 0 Å². The van der Waals surface area contributed by atoms with E-state index in [1.807, 2.05) is 31.2 Å². The Morgan fingerprint density at radius 2 is 1.96 bits per heavy atom. The van der Waals surface area contributed by atoms with Crippen molar-refractivity contribution in [1.82, 2.24) is 5.32 Å². The van der Waals surface area contributed by atoms with Gasteiger partial charge in [-0.15, -0.1) is 0 Å². The van der Waals surface area contributed by atoms with Crippen LogP contribution < -0.4 is 15.4 Å². The maximum Gasteiger partial charge on any atom is 0.246 e. The van der Waals surface area contributed by atoms with Crippen molar-refractivity contribution in [2.75, 3.05) is 5.32 Å². The Kier molecular flexibility index (Phi) is 4.28. The summed E-state index contributed by atoms with van der Waals surface area (Å²) in [6.45, 7) is 2.01. The molecule has 1 fully saturated rings. The fourth-order valence-corrected chi connectivity index (χ4v) is 2.46. The smallest absolute Gasteiger partial charge is 0.246 e. The van der Waals surface area contributed by atoms with Crippen LogP contribution in [-0.4, -0.2) is 17.9 Å². The van der Waals surface area contributed by atoms with Crippen LogP contribution in [0.5, 0.6) is 11.5 Å². The lowest BCUT2D eigenvalue weighted by atomic mass is 10.2. The average Bonchev–Trinajstić information content (AvgIpc) is 2.96. The maximum atomic E-state index is 12.0. The molecule has 2 aromatic rings. The first-order valence-electron chi connectivity index (χ1n) is 7.55. The van der Waals surface area contributed by atoms with Crippen LogP contribution in [0, 0.1) is 6.92 Å². The van der Waals surface area contributed by atoms with Crippen LogP contribution in [0.15, 0.2) is 48.5 Å². The number of hydrogen-bond acceptors (Lipinski definition) is 3. The van der Waals surface area contributed by atoms with Crippen LogP contribution in [-0.2, 0) is 9.59 Å². The van der Waals surface area contributed by atoms with E-state index in [9.17, 15) is 9.59 Å². The van der Waals surface area contributed by atoms with Gasteiger partial charge in [0.25, 0.3) is 0 Å². The zero-order valence-electron chi connectivity index (χ0n) is 12.8. The summed E-state index contributed by atoms with van der Waals surface area (Å²) in [6.07, 6.45) is 0.945. The maximum absolute atomic E-state index is 12.0. The predicted octanol–water partition coefficient (Wildman–Crippen LogP) is 3.00. The summed E-state index contributed by atoms with van der Waals surface area (Å²) in [6, 6.07) is 14.5. The van der Waals surface area contributed by atoms with E-state index in [-0.39, 0.29) is 11.8 Å². The van der Waals surface area contributed by atoms with Gasteiger partial charge < -0.3 is 15.4 Å². The molecule has 118 valence electrons. The lowest BCUT2D eigenvalue weighted by molar-refractivity contribution is -0.122. The summed E-state index contributed by atoms with van der Waals surface area (Å²) in [5.41, 5.74) is 1.80. The molecule has 3 rings (SSSR count). The van der Waals surface area contributed by atoms with Gasteiger partial charge in [0.15, 0.2) is 0 Å². The topological polar surface area (TPSA) is 67.4 Å². The van der Waals surface area contributed by atoms with Gasteiger partial charge in [0.2, 0.25) is 11.8 Å². The van der Waals surface area contributed by atoms with Crippen LogP contribution in [0.25, 0.3) is 0 Å². The largest absolute Gasteiger partial charge is 0.457 e. The fourth-order valence-electron chi connectivity index (χ4n) is 2.46. The number of aryl methyl sites for hydroxylation is 1. The van der Waals surface area contributed by atoms with E-state index in [1.165, 1.54) is 0 Å². The van der Waals surface area contributed by atoms with Gasteiger partial charge in [-0.1, -0.05) is 12.1 Å². The number of ether oxygens (including phenoxy) is 1. The molecular formula is C18H18N2O3. The zero-order chi connectivity index (χ0) is 16.2. The third-order valence-corrected chi connectivity index (χ3v) is 3.66. The second-order valence-electron chi connectivity index (χ2n) is 5.59. The van der Waals surface area contributed by atoms with E-state index in [0.717, 1.165) is 11.3 Å². The van der Waals surface area contributed by atoms with E-state index in [1.54, 1.807) is 24.3 Å². The van der Waals surface area contributed by atoms with Crippen LogP contribution in [0.1, 0.15) is 18.4 Å². The number of rotatable bonds is 4. The number of nitrogens with one attached hydrogen (secondary N) is 2. The molecule has 0 spiro atoms. The molecule has 5 nitrogen and oxygen atoms in total. The second kappa shape index (κ2) is 6.52. The minimum absolute atomic E-state index is 0.0768. The first-order chi connectivity index (χ1) is 11.1. The molecule has 0 aliphatic carbocycles. The van der Waals surface area contributed by atoms with Crippen molar-refractivity contribution in [3.63, 3.8) is 0 Å². The molecule has 1 atom stereocenters. The van der Waals surface area contributed by atoms with E-state index < -0.39 is 6.04 Å². The summed E-state index contributed by atoms with van der Waals surface area (Å²) < 4.78 is 5.76. The van der Waals surface area contributed by atoms with Crippen molar-refractivity contribution in [1.29, 1.82) is 0 Å². The standard InChI is InChI=1S/C18H18N2O3/c1-12-3-2-4-15(11-12)23-14-7-5-13(6-8-14)19-18(22)16-9-10-17(21)20-16/h2-8,11,16H,9-10H2,1H3,(H,19,22)(H,20,21)/t16-/m1/s1. The Morgan fingerprint density at radius 3 is 2.61 bits per heavy atom. The monoisotopic (exact) mass is 310 g/mol. The van der Waals surface area contributed by atoms with Gasteiger partial charge >= 0.3 is 0 Å². The van der Waals surface area contributed by atoms with Crippen LogP contribution in [0.2, 0.25) is 0 Å². The Morgan fingerprint density at radius 1 is 1.17 bits per heavy atom. The van der Waals surface area contributed by atoms with Crippen molar-refractivity contribution < 1.29 is 14.3 Å². The zero-order valence-corrected chi connectivity index (χ0v) is 12.8. The van der Waals surface area contributed by atoms with Crippen molar-refractivity contribution >= 4 is 17.5 Å². The molecule has 0 aromatic heterocycles. The molecule has 0 bridgehead atoms. The summed E-state index contributed by atoms with van der Waals surface area (Å²) in [7, 11) is 0.